The molecule has 0 aromatic carbocycles. The molecule has 1 aliphatic rings. The van der Waals surface area contributed by atoms with Gasteiger partial charge in [-0.1, -0.05) is 0 Å². The lowest BCUT2D eigenvalue weighted by atomic mass is 10.2. The number of rotatable bonds is 1. The number of nitrogens with two attached hydrogens (primary N) is 2. The minimum absolute atomic E-state index is 0.0170. The molecule has 11 heavy (non-hydrogen) atoms. The number of guanidine groups is 1. The maximum atomic E-state index is 5.22. The Labute approximate surface area is 65.1 Å². The van der Waals surface area contributed by atoms with Gasteiger partial charge in [0.2, 0.25) is 5.96 Å². The molecule has 1 rings (SSSR count). The van der Waals surface area contributed by atoms with Gasteiger partial charge in [-0.15, -0.1) is 5.10 Å². The van der Waals surface area contributed by atoms with Crippen LogP contribution in [0.5, 0.6) is 0 Å². The zero-order chi connectivity index (χ0) is 8.27. The van der Waals surface area contributed by atoms with Crippen LogP contribution in [0.3, 0.4) is 0 Å². The third-order valence-electron chi connectivity index (χ3n) is 1.49. The van der Waals surface area contributed by atoms with E-state index in [9.17, 15) is 0 Å². The predicted octanol–water partition coefficient (Wildman–Crippen LogP) is -0.575. The molecule has 1 fully saturated rings. The van der Waals surface area contributed by atoms with Gasteiger partial charge in [0.05, 0.1) is 18.4 Å². The van der Waals surface area contributed by atoms with Crippen molar-refractivity contribution in [3.05, 3.63) is 0 Å². The lowest BCUT2D eigenvalue weighted by molar-refractivity contribution is 0.145. The number of hydrogen-bond acceptors (Lipinski definition) is 3. The van der Waals surface area contributed by atoms with Gasteiger partial charge in [0.1, 0.15) is 0 Å². The van der Waals surface area contributed by atoms with E-state index in [0.717, 1.165) is 12.1 Å². The van der Waals surface area contributed by atoms with Crippen molar-refractivity contribution >= 4 is 11.7 Å². The SMILES string of the molecule is CC1OCCC1=NN=C(N)N. The average molecular weight is 156 g/mol. The highest BCUT2D eigenvalue weighted by molar-refractivity contribution is 5.90. The molecular formula is C6H12N4O. The van der Waals surface area contributed by atoms with E-state index >= 15 is 0 Å². The van der Waals surface area contributed by atoms with Crippen molar-refractivity contribution in [3.63, 3.8) is 0 Å². The standard InChI is InChI=1S/C6H12N4O/c1-4-5(2-3-11-4)9-10-6(7)8/h4H,2-3H2,1H3,(H4,7,8,10). The molecule has 0 saturated carbocycles. The van der Waals surface area contributed by atoms with Crippen LogP contribution < -0.4 is 11.5 Å². The molecule has 1 atom stereocenters. The Hall–Kier alpha value is -1.10. The molecular weight excluding hydrogens is 144 g/mol. The molecule has 0 spiro atoms. The summed E-state index contributed by atoms with van der Waals surface area (Å²) in [7, 11) is 0. The average Bonchev–Trinajstić information content (AvgIpc) is 2.31. The first-order valence-corrected chi connectivity index (χ1v) is 3.47. The van der Waals surface area contributed by atoms with Crippen LogP contribution in [0.1, 0.15) is 13.3 Å². The van der Waals surface area contributed by atoms with Crippen molar-refractivity contribution in [3.8, 4) is 0 Å². The Morgan fingerprint density at radius 3 is 2.82 bits per heavy atom. The summed E-state index contributed by atoms with van der Waals surface area (Å²) >= 11 is 0. The molecule has 5 nitrogen and oxygen atoms in total. The van der Waals surface area contributed by atoms with E-state index in [0.29, 0.717) is 6.61 Å². The van der Waals surface area contributed by atoms with Gasteiger partial charge in [0.25, 0.3) is 0 Å². The van der Waals surface area contributed by atoms with Gasteiger partial charge in [-0.05, 0) is 6.92 Å². The first-order valence-electron chi connectivity index (χ1n) is 3.47. The number of nitrogens with zero attached hydrogens (tertiary/aromatic N) is 2. The highest BCUT2D eigenvalue weighted by atomic mass is 16.5. The van der Waals surface area contributed by atoms with E-state index in [1.807, 2.05) is 6.92 Å². The van der Waals surface area contributed by atoms with Crippen molar-refractivity contribution < 1.29 is 4.74 Å². The van der Waals surface area contributed by atoms with Gasteiger partial charge in [-0.3, -0.25) is 0 Å². The fourth-order valence-electron chi connectivity index (χ4n) is 0.893. The Kier molecular flexibility index (Phi) is 2.43. The Balaban J connectivity index is 2.58. The molecule has 1 saturated heterocycles. The summed E-state index contributed by atoms with van der Waals surface area (Å²) in [6.45, 7) is 2.63. The smallest absolute Gasteiger partial charge is 0.211 e. The second-order valence-corrected chi connectivity index (χ2v) is 2.38. The minimum Gasteiger partial charge on any atom is -0.372 e. The molecule has 1 unspecified atom stereocenters. The van der Waals surface area contributed by atoms with E-state index in [4.69, 9.17) is 16.2 Å². The van der Waals surface area contributed by atoms with Crippen LogP contribution in [0.4, 0.5) is 0 Å². The van der Waals surface area contributed by atoms with Crippen molar-refractivity contribution in [2.45, 2.75) is 19.4 Å². The van der Waals surface area contributed by atoms with Crippen molar-refractivity contribution in [1.82, 2.24) is 0 Å². The van der Waals surface area contributed by atoms with Crippen molar-refractivity contribution in [2.24, 2.45) is 21.7 Å². The summed E-state index contributed by atoms with van der Waals surface area (Å²) in [5.41, 5.74) is 11.1. The molecule has 0 bridgehead atoms. The molecule has 0 aromatic rings. The zero-order valence-corrected chi connectivity index (χ0v) is 6.45. The second kappa shape index (κ2) is 3.34. The summed E-state index contributed by atoms with van der Waals surface area (Å²) in [6, 6.07) is 0. The third-order valence-corrected chi connectivity index (χ3v) is 1.49. The zero-order valence-electron chi connectivity index (χ0n) is 6.45. The van der Waals surface area contributed by atoms with Crippen molar-refractivity contribution in [2.75, 3.05) is 6.61 Å². The fraction of sp³-hybridized carbons (Fsp3) is 0.667. The Morgan fingerprint density at radius 1 is 1.64 bits per heavy atom. The van der Waals surface area contributed by atoms with Crippen LogP contribution in [-0.4, -0.2) is 24.4 Å². The molecule has 0 amide bonds. The molecule has 5 heteroatoms. The number of hydrogen-bond donors (Lipinski definition) is 2. The van der Waals surface area contributed by atoms with Gasteiger partial charge < -0.3 is 16.2 Å². The maximum Gasteiger partial charge on any atom is 0.211 e. The van der Waals surface area contributed by atoms with Gasteiger partial charge in [0.15, 0.2) is 0 Å². The van der Waals surface area contributed by atoms with Gasteiger partial charge in [0, 0.05) is 6.42 Å². The normalized spacial score (nSPS) is 27.4. The largest absolute Gasteiger partial charge is 0.372 e. The Morgan fingerprint density at radius 2 is 2.36 bits per heavy atom. The van der Waals surface area contributed by atoms with Gasteiger partial charge in [-0.2, -0.15) is 5.10 Å². The van der Waals surface area contributed by atoms with E-state index in [1.165, 1.54) is 0 Å². The minimum atomic E-state index is -0.0170. The molecule has 0 aliphatic carbocycles. The van der Waals surface area contributed by atoms with Crippen LogP contribution in [0.25, 0.3) is 0 Å². The van der Waals surface area contributed by atoms with Crippen LogP contribution in [0.15, 0.2) is 10.2 Å². The highest BCUT2D eigenvalue weighted by Gasteiger charge is 2.17. The third kappa shape index (κ3) is 2.19. The number of ether oxygens (including phenoxy) is 1. The Bertz CT molecular complexity index is 195. The van der Waals surface area contributed by atoms with Crippen LogP contribution in [0, 0.1) is 0 Å². The van der Waals surface area contributed by atoms with E-state index < -0.39 is 0 Å². The molecule has 4 N–H and O–H groups in total. The fourth-order valence-corrected chi connectivity index (χ4v) is 0.893. The summed E-state index contributed by atoms with van der Waals surface area (Å²) < 4.78 is 5.22. The maximum absolute atomic E-state index is 5.22. The van der Waals surface area contributed by atoms with Crippen LogP contribution >= 0.6 is 0 Å². The highest BCUT2D eigenvalue weighted by Crippen LogP contribution is 2.08. The summed E-state index contributed by atoms with van der Waals surface area (Å²) in [6.07, 6.45) is 0.871. The van der Waals surface area contributed by atoms with E-state index in [-0.39, 0.29) is 12.1 Å². The van der Waals surface area contributed by atoms with Gasteiger partial charge >= 0.3 is 0 Å². The summed E-state index contributed by atoms with van der Waals surface area (Å²) in [5.74, 6) is -0.0170. The monoisotopic (exact) mass is 156 g/mol. The van der Waals surface area contributed by atoms with Crippen molar-refractivity contribution in [1.29, 1.82) is 0 Å². The second-order valence-electron chi connectivity index (χ2n) is 2.38. The van der Waals surface area contributed by atoms with E-state index in [2.05, 4.69) is 10.2 Å². The van der Waals surface area contributed by atoms with Crippen LogP contribution in [0.2, 0.25) is 0 Å². The topological polar surface area (TPSA) is 86.0 Å². The van der Waals surface area contributed by atoms with E-state index in [1.54, 1.807) is 0 Å². The van der Waals surface area contributed by atoms with Gasteiger partial charge in [-0.25, -0.2) is 0 Å². The van der Waals surface area contributed by atoms with Crippen LogP contribution in [-0.2, 0) is 4.74 Å². The lowest BCUT2D eigenvalue weighted by Gasteiger charge is -1.98. The first-order chi connectivity index (χ1) is 5.20. The molecule has 1 heterocycles. The lowest BCUT2D eigenvalue weighted by Crippen LogP contribution is -2.22. The molecule has 62 valence electrons. The predicted molar refractivity (Wildman–Crippen MR) is 43.3 cm³/mol. The quantitative estimate of drug-likeness (QED) is 0.302. The molecule has 1 aliphatic heterocycles. The molecule has 0 radical (unpaired) electrons. The summed E-state index contributed by atoms with van der Waals surface area (Å²) in [4.78, 5) is 0. The molecule has 0 aromatic heterocycles. The summed E-state index contributed by atoms with van der Waals surface area (Å²) in [5, 5.41) is 7.37. The first kappa shape index (κ1) is 8.00.